The van der Waals surface area contributed by atoms with E-state index in [9.17, 15) is 4.79 Å². The first-order valence-corrected chi connectivity index (χ1v) is 8.73. The summed E-state index contributed by atoms with van der Waals surface area (Å²) in [5.74, 6) is 1.59. The van der Waals surface area contributed by atoms with E-state index >= 15 is 0 Å². The molecule has 0 unspecified atom stereocenters. The number of carbonyl (C=O) groups is 1. The molecule has 0 spiro atoms. The van der Waals surface area contributed by atoms with Crippen molar-refractivity contribution >= 4 is 5.91 Å². The van der Waals surface area contributed by atoms with Crippen LogP contribution in [-0.2, 0) is 6.54 Å². The van der Waals surface area contributed by atoms with Gasteiger partial charge >= 0.3 is 0 Å². The molecule has 1 heterocycles. The number of carbonyl (C=O) groups excluding carboxylic acids is 1. The summed E-state index contributed by atoms with van der Waals surface area (Å²) in [4.78, 5) is 12.5. The summed E-state index contributed by atoms with van der Waals surface area (Å²) in [5, 5.41) is 14.5. The van der Waals surface area contributed by atoms with Crippen LogP contribution in [-0.4, -0.2) is 39.3 Å². The van der Waals surface area contributed by atoms with Gasteiger partial charge in [-0.3, -0.25) is 4.79 Å². The molecule has 27 heavy (non-hydrogen) atoms. The molecule has 8 nitrogen and oxygen atoms in total. The predicted molar refractivity (Wildman–Crippen MR) is 99.1 cm³/mol. The number of rotatable bonds is 8. The molecule has 0 aliphatic heterocycles. The molecule has 3 aromatic rings. The van der Waals surface area contributed by atoms with Crippen molar-refractivity contribution in [2.45, 2.75) is 20.4 Å². The van der Waals surface area contributed by atoms with Gasteiger partial charge in [0.15, 0.2) is 5.82 Å². The highest BCUT2D eigenvalue weighted by molar-refractivity contribution is 5.96. The Bertz CT molecular complexity index is 892. The van der Waals surface area contributed by atoms with Crippen LogP contribution in [0.1, 0.15) is 30.0 Å². The van der Waals surface area contributed by atoms with Crippen LogP contribution in [0, 0.1) is 0 Å². The van der Waals surface area contributed by atoms with E-state index in [1.54, 1.807) is 22.9 Å². The number of aromatic nitrogens is 4. The molecular weight excluding hydrogens is 346 g/mol. The predicted octanol–water partition coefficient (Wildman–Crippen LogP) is 2.39. The molecule has 2 aromatic carbocycles. The Morgan fingerprint density at radius 3 is 2.52 bits per heavy atom. The number of ether oxygens (including phenoxy) is 2. The van der Waals surface area contributed by atoms with Crippen molar-refractivity contribution in [1.29, 1.82) is 0 Å². The molecule has 0 fully saturated rings. The molecule has 0 atom stereocenters. The van der Waals surface area contributed by atoms with Crippen molar-refractivity contribution in [3.05, 3.63) is 59.9 Å². The third kappa shape index (κ3) is 4.41. The highest BCUT2D eigenvalue weighted by atomic mass is 16.5. The zero-order valence-corrected chi connectivity index (χ0v) is 15.3. The maximum atomic E-state index is 12.5. The molecule has 0 aliphatic rings. The normalized spacial score (nSPS) is 10.4. The molecule has 1 N–H and O–H groups in total. The van der Waals surface area contributed by atoms with Crippen LogP contribution in [0.3, 0.4) is 0 Å². The molecule has 3 rings (SSSR count). The summed E-state index contributed by atoms with van der Waals surface area (Å²) in [6.45, 7) is 5.07. The maximum absolute atomic E-state index is 12.5. The van der Waals surface area contributed by atoms with E-state index in [1.807, 2.05) is 44.2 Å². The lowest BCUT2D eigenvalue weighted by atomic mass is 10.2. The van der Waals surface area contributed by atoms with E-state index in [-0.39, 0.29) is 12.5 Å². The second kappa shape index (κ2) is 8.79. The summed E-state index contributed by atoms with van der Waals surface area (Å²) in [5.41, 5.74) is 1.25. The Balaban J connectivity index is 1.71. The van der Waals surface area contributed by atoms with Crippen molar-refractivity contribution in [1.82, 2.24) is 25.5 Å². The number of nitrogens with zero attached hydrogens (tertiary/aromatic N) is 4. The van der Waals surface area contributed by atoms with E-state index in [2.05, 4.69) is 20.8 Å². The van der Waals surface area contributed by atoms with E-state index in [4.69, 9.17) is 9.47 Å². The third-order valence-electron chi connectivity index (χ3n) is 3.76. The zero-order valence-electron chi connectivity index (χ0n) is 15.3. The summed E-state index contributed by atoms with van der Waals surface area (Å²) in [6.07, 6.45) is 0. The van der Waals surface area contributed by atoms with Gasteiger partial charge in [-0.2, -0.15) is 4.68 Å². The molecule has 140 valence electrons. The zero-order chi connectivity index (χ0) is 19.1. The molecule has 0 radical (unpaired) electrons. The number of hydrogen-bond acceptors (Lipinski definition) is 6. The van der Waals surface area contributed by atoms with Gasteiger partial charge < -0.3 is 14.8 Å². The largest absolute Gasteiger partial charge is 0.494 e. The van der Waals surface area contributed by atoms with Crippen LogP contribution < -0.4 is 14.8 Å². The Hall–Kier alpha value is -3.42. The van der Waals surface area contributed by atoms with Gasteiger partial charge in [-0.1, -0.05) is 12.1 Å². The molecule has 1 amide bonds. The fourth-order valence-corrected chi connectivity index (χ4v) is 2.56. The van der Waals surface area contributed by atoms with E-state index < -0.39 is 0 Å². The minimum Gasteiger partial charge on any atom is -0.494 e. The lowest BCUT2D eigenvalue weighted by molar-refractivity contribution is 0.0946. The Morgan fingerprint density at radius 1 is 1.04 bits per heavy atom. The van der Waals surface area contributed by atoms with Crippen molar-refractivity contribution in [2.24, 2.45) is 0 Å². The average molecular weight is 367 g/mol. The molecule has 0 saturated heterocycles. The van der Waals surface area contributed by atoms with E-state index in [0.717, 1.165) is 11.4 Å². The summed E-state index contributed by atoms with van der Waals surface area (Å²) in [7, 11) is 0. The van der Waals surface area contributed by atoms with Crippen molar-refractivity contribution in [3.8, 4) is 17.2 Å². The second-order valence-electron chi connectivity index (χ2n) is 5.55. The quantitative estimate of drug-likeness (QED) is 0.657. The van der Waals surface area contributed by atoms with Gasteiger partial charge in [0.25, 0.3) is 5.91 Å². The van der Waals surface area contributed by atoms with Gasteiger partial charge in [-0.15, -0.1) is 5.10 Å². The number of para-hydroxylation sites is 1. The summed E-state index contributed by atoms with van der Waals surface area (Å²) < 4.78 is 12.5. The van der Waals surface area contributed by atoms with Gasteiger partial charge in [0.1, 0.15) is 11.5 Å². The molecular formula is C19H21N5O3. The maximum Gasteiger partial charge on any atom is 0.255 e. The third-order valence-corrected chi connectivity index (χ3v) is 3.76. The summed E-state index contributed by atoms with van der Waals surface area (Å²) in [6, 6.07) is 14.5. The number of tetrazole rings is 1. The first-order chi connectivity index (χ1) is 13.2. The minimum absolute atomic E-state index is 0.180. The number of hydrogen-bond donors (Lipinski definition) is 1. The van der Waals surface area contributed by atoms with Crippen LogP contribution in [0.4, 0.5) is 0 Å². The minimum atomic E-state index is -0.250. The van der Waals surface area contributed by atoms with Crippen LogP contribution in [0.2, 0.25) is 0 Å². The van der Waals surface area contributed by atoms with Gasteiger partial charge in [0.05, 0.1) is 31.0 Å². The summed E-state index contributed by atoms with van der Waals surface area (Å²) >= 11 is 0. The monoisotopic (exact) mass is 367 g/mol. The first-order valence-electron chi connectivity index (χ1n) is 8.73. The highest BCUT2D eigenvalue weighted by Gasteiger charge is 2.14. The van der Waals surface area contributed by atoms with Crippen LogP contribution in [0.5, 0.6) is 11.5 Å². The smallest absolute Gasteiger partial charge is 0.255 e. The van der Waals surface area contributed by atoms with E-state index in [1.165, 1.54) is 0 Å². The Labute approximate surface area is 157 Å². The lowest BCUT2D eigenvalue weighted by Crippen LogP contribution is -2.25. The fraction of sp³-hybridized carbons (Fsp3) is 0.263. The average Bonchev–Trinajstić information content (AvgIpc) is 3.16. The topological polar surface area (TPSA) is 91.2 Å². The van der Waals surface area contributed by atoms with Crippen molar-refractivity contribution < 1.29 is 14.3 Å². The number of benzene rings is 2. The van der Waals surface area contributed by atoms with Gasteiger partial charge in [-0.25, -0.2) is 0 Å². The van der Waals surface area contributed by atoms with Crippen molar-refractivity contribution in [3.63, 3.8) is 0 Å². The van der Waals surface area contributed by atoms with Crippen LogP contribution in [0.15, 0.2) is 48.5 Å². The van der Waals surface area contributed by atoms with E-state index in [0.29, 0.717) is 30.4 Å². The SMILES string of the molecule is CCOc1ccc(-n2nnnc2CNC(=O)c2ccccc2OCC)cc1. The van der Waals surface area contributed by atoms with Gasteiger partial charge in [0, 0.05) is 0 Å². The fourth-order valence-electron chi connectivity index (χ4n) is 2.56. The lowest BCUT2D eigenvalue weighted by Gasteiger charge is -2.10. The second-order valence-corrected chi connectivity index (χ2v) is 5.55. The molecule has 8 heteroatoms. The Kier molecular flexibility index (Phi) is 5.98. The molecule has 0 aliphatic carbocycles. The number of amides is 1. The highest BCUT2D eigenvalue weighted by Crippen LogP contribution is 2.18. The molecule has 0 saturated carbocycles. The molecule has 0 bridgehead atoms. The standard InChI is InChI=1S/C19H21N5O3/c1-3-26-15-11-9-14(10-12-15)24-18(21-22-23-24)13-20-19(25)16-7-5-6-8-17(16)27-4-2/h5-12H,3-4,13H2,1-2H3,(H,20,25). The Morgan fingerprint density at radius 2 is 1.78 bits per heavy atom. The van der Waals surface area contributed by atoms with Crippen molar-refractivity contribution in [2.75, 3.05) is 13.2 Å². The van der Waals surface area contributed by atoms with Crippen LogP contribution in [0.25, 0.3) is 5.69 Å². The van der Waals surface area contributed by atoms with Gasteiger partial charge in [0.2, 0.25) is 0 Å². The van der Waals surface area contributed by atoms with Crippen LogP contribution >= 0.6 is 0 Å². The molecule has 1 aromatic heterocycles. The number of nitrogens with one attached hydrogen (secondary N) is 1. The first kappa shape index (κ1) is 18.4. The van der Waals surface area contributed by atoms with Gasteiger partial charge in [-0.05, 0) is 60.7 Å².